The predicted octanol–water partition coefficient (Wildman–Crippen LogP) is 4.13. The van der Waals surface area contributed by atoms with Crippen molar-refractivity contribution in [3.8, 4) is 0 Å². The molecule has 0 bridgehead atoms. The molecule has 1 saturated heterocycles. The lowest BCUT2D eigenvalue weighted by molar-refractivity contribution is 0.102. The first-order valence-corrected chi connectivity index (χ1v) is 8.77. The molecular formula is C20H25N3O. The first kappa shape index (κ1) is 16.5. The fourth-order valence-corrected chi connectivity index (χ4v) is 2.99. The van der Waals surface area contributed by atoms with Gasteiger partial charge < -0.3 is 10.2 Å². The molecule has 1 fully saturated rings. The molecule has 2 heterocycles. The highest BCUT2D eigenvalue weighted by Crippen LogP contribution is 2.22. The number of rotatable bonds is 4. The van der Waals surface area contributed by atoms with Crippen molar-refractivity contribution in [2.75, 3.05) is 23.3 Å². The summed E-state index contributed by atoms with van der Waals surface area (Å²) in [5.74, 6) is 0.636. The second kappa shape index (κ2) is 7.47. The van der Waals surface area contributed by atoms with Crippen molar-refractivity contribution in [1.29, 1.82) is 0 Å². The van der Waals surface area contributed by atoms with E-state index < -0.39 is 0 Å². The number of aryl methyl sites for hydroxylation is 1. The Kier molecular flexibility index (Phi) is 5.14. The summed E-state index contributed by atoms with van der Waals surface area (Å²) in [6.45, 7) is 6.55. The van der Waals surface area contributed by atoms with Crippen LogP contribution in [0.25, 0.3) is 0 Å². The van der Waals surface area contributed by atoms with Gasteiger partial charge in [-0.3, -0.25) is 4.79 Å². The molecule has 0 spiro atoms. The van der Waals surface area contributed by atoms with Gasteiger partial charge in [-0.2, -0.15) is 0 Å². The minimum absolute atomic E-state index is 0.168. The van der Waals surface area contributed by atoms with Gasteiger partial charge >= 0.3 is 0 Å². The number of nitrogens with one attached hydrogen (secondary N) is 1. The lowest BCUT2D eigenvalue weighted by Crippen LogP contribution is -2.32. The molecule has 1 N–H and O–H groups in total. The van der Waals surface area contributed by atoms with Gasteiger partial charge in [0.25, 0.3) is 5.91 Å². The predicted molar refractivity (Wildman–Crippen MR) is 98.6 cm³/mol. The Morgan fingerprint density at radius 3 is 2.46 bits per heavy atom. The largest absolute Gasteiger partial charge is 0.370 e. The smallest absolute Gasteiger partial charge is 0.274 e. The van der Waals surface area contributed by atoms with Crippen LogP contribution in [0.4, 0.5) is 11.4 Å². The summed E-state index contributed by atoms with van der Waals surface area (Å²) in [5, 5.41) is 2.90. The van der Waals surface area contributed by atoms with Crippen molar-refractivity contribution in [1.82, 2.24) is 4.98 Å². The fraction of sp³-hybridized carbons (Fsp3) is 0.400. The van der Waals surface area contributed by atoms with Crippen LogP contribution in [-0.4, -0.2) is 24.0 Å². The SMILES string of the molecule is CCc1ccc(NC(=O)c2ccc(N3CCC(C)CC3)cn2)cc1. The van der Waals surface area contributed by atoms with Crippen molar-refractivity contribution >= 4 is 17.3 Å². The van der Waals surface area contributed by atoms with Crippen LogP contribution in [0.1, 0.15) is 42.7 Å². The van der Waals surface area contributed by atoms with Crippen LogP contribution in [0.3, 0.4) is 0 Å². The second-order valence-electron chi connectivity index (χ2n) is 6.58. The van der Waals surface area contributed by atoms with Crippen LogP contribution in [0.15, 0.2) is 42.6 Å². The number of nitrogens with zero attached hydrogens (tertiary/aromatic N) is 2. The van der Waals surface area contributed by atoms with Crippen molar-refractivity contribution in [2.45, 2.75) is 33.1 Å². The highest BCUT2D eigenvalue weighted by atomic mass is 16.1. The molecule has 1 amide bonds. The van der Waals surface area contributed by atoms with Crippen LogP contribution >= 0.6 is 0 Å². The number of piperidine rings is 1. The fourth-order valence-electron chi connectivity index (χ4n) is 2.99. The third-order valence-electron chi connectivity index (χ3n) is 4.75. The van der Waals surface area contributed by atoms with E-state index in [0.29, 0.717) is 5.69 Å². The van der Waals surface area contributed by atoms with E-state index in [9.17, 15) is 4.79 Å². The maximum Gasteiger partial charge on any atom is 0.274 e. The normalized spacial score (nSPS) is 15.3. The molecule has 4 nitrogen and oxygen atoms in total. The Morgan fingerprint density at radius 2 is 1.88 bits per heavy atom. The number of pyridine rings is 1. The first-order valence-electron chi connectivity index (χ1n) is 8.77. The topological polar surface area (TPSA) is 45.2 Å². The molecule has 0 atom stereocenters. The van der Waals surface area contributed by atoms with E-state index in [0.717, 1.165) is 36.8 Å². The number of carbonyl (C=O) groups excluding carboxylic acids is 1. The molecular weight excluding hydrogens is 298 g/mol. The summed E-state index contributed by atoms with van der Waals surface area (Å²) in [5.41, 5.74) is 3.61. The van der Waals surface area contributed by atoms with Crippen LogP contribution in [0, 0.1) is 5.92 Å². The van der Waals surface area contributed by atoms with E-state index in [1.165, 1.54) is 18.4 Å². The van der Waals surface area contributed by atoms with E-state index in [1.54, 1.807) is 0 Å². The lowest BCUT2D eigenvalue weighted by atomic mass is 9.99. The van der Waals surface area contributed by atoms with Gasteiger partial charge in [-0.05, 0) is 55.0 Å². The first-order chi connectivity index (χ1) is 11.7. The summed E-state index contributed by atoms with van der Waals surface area (Å²) in [6, 6.07) is 11.7. The maximum absolute atomic E-state index is 12.3. The van der Waals surface area contributed by atoms with E-state index in [-0.39, 0.29) is 5.91 Å². The van der Waals surface area contributed by atoms with Gasteiger partial charge in [0.15, 0.2) is 0 Å². The van der Waals surface area contributed by atoms with Gasteiger partial charge in [0.05, 0.1) is 11.9 Å². The van der Waals surface area contributed by atoms with E-state index in [1.807, 2.05) is 42.6 Å². The zero-order valence-corrected chi connectivity index (χ0v) is 14.5. The van der Waals surface area contributed by atoms with Gasteiger partial charge in [-0.25, -0.2) is 4.98 Å². The summed E-state index contributed by atoms with van der Waals surface area (Å²) < 4.78 is 0. The number of aromatic nitrogens is 1. The third-order valence-corrected chi connectivity index (χ3v) is 4.75. The molecule has 3 rings (SSSR count). The molecule has 24 heavy (non-hydrogen) atoms. The Labute approximate surface area is 143 Å². The van der Waals surface area contributed by atoms with Crippen molar-refractivity contribution < 1.29 is 4.79 Å². The Bertz CT molecular complexity index is 671. The lowest BCUT2D eigenvalue weighted by Gasteiger charge is -2.31. The molecule has 126 valence electrons. The van der Waals surface area contributed by atoms with Crippen molar-refractivity contribution in [3.05, 3.63) is 53.9 Å². The molecule has 4 heteroatoms. The highest BCUT2D eigenvalue weighted by molar-refractivity contribution is 6.02. The van der Waals surface area contributed by atoms with Gasteiger partial charge in [0.1, 0.15) is 5.69 Å². The summed E-state index contributed by atoms with van der Waals surface area (Å²) in [7, 11) is 0. The molecule has 1 aromatic carbocycles. The van der Waals surface area contributed by atoms with Crippen LogP contribution in [0.2, 0.25) is 0 Å². The van der Waals surface area contributed by atoms with E-state index >= 15 is 0 Å². The Hall–Kier alpha value is -2.36. The van der Waals surface area contributed by atoms with Gasteiger partial charge in [-0.1, -0.05) is 26.0 Å². The van der Waals surface area contributed by atoms with Gasteiger partial charge in [0.2, 0.25) is 0 Å². The minimum Gasteiger partial charge on any atom is -0.370 e. The number of amides is 1. The zero-order valence-electron chi connectivity index (χ0n) is 14.5. The molecule has 0 aliphatic carbocycles. The highest BCUT2D eigenvalue weighted by Gasteiger charge is 2.16. The average Bonchev–Trinajstić information content (AvgIpc) is 2.63. The summed E-state index contributed by atoms with van der Waals surface area (Å²) in [4.78, 5) is 19.0. The monoisotopic (exact) mass is 323 g/mol. The molecule has 0 saturated carbocycles. The number of benzene rings is 1. The number of hydrogen-bond donors (Lipinski definition) is 1. The van der Waals surface area contributed by atoms with Crippen LogP contribution in [-0.2, 0) is 6.42 Å². The Morgan fingerprint density at radius 1 is 1.17 bits per heavy atom. The molecule has 1 aromatic heterocycles. The van der Waals surface area contributed by atoms with Crippen molar-refractivity contribution in [2.24, 2.45) is 5.92 Å². The van der Waals surface area contributed by atoms with Crippen molar-refractivity contribution in [3.63, 3.8) is 0 Å². The summed E-state index contributed by atoms with van der Waals surface area (Å²) in [6.07, 6.45) is 5.24. The molecule has 0 radical (unpaired) electrons. The molecule has 0 unspecified atom stereocenters. The number of hydrogen-bond acceptors (Lipinski definition) is 3. The summed E-state index contributed by atoms with van der Waals surface area (Å²) >= 11 is 0. The van der Waals surface area contributed by atoms with Gasteiger partial charge in [0, 0.05) is 18.8 Å². The molecule has 2 aromatic rings. The zero-order chi connectivity index (χ0) is 16.9. The van der Waals surface area contributed by atoms with E-state index in [4.69, 9.17) is 0 Å². The average molecular weight is 323 g/mol. The molecule has 1 aliphatic rings. The molecule has 1 aliphatic heterocycles. The number of carbonyl (C=O) groups is 1. The minimum atomic E-state index is -0.168. The Balaban J connectivity index is 1.62. The van der Waals surface area contributed by atoms with Crippen LogP contribution < -0.4 is 10.2 Å². The second-order valence-corrected chi connectivity index (χ2v) is 6.58. The quantitative estimate of drug-likeness (QED) is 0.920. The van der Waals surface area contributed by atoms with Crippen LogP contribution in [0.5, 0.6) is 0 Å². The third kappa shape index (κ3) is 3.94. The number of anilines is 2. The van der Waals surface area contributed by atoms with Gasteiger partial charge in [-0.15, -0.1) is 0 Å². The van der Waals surface area contributed by atoms with E-state index in [2.05, 4.69) is 29.0 Å². The standard InChI is InChI=1S/C20H25N3O/c1-3-16-4-6-17(7-5-16)22-20(24)19-9-8-18(14-21-19)23-12-10-15(2)11-13-23/h4-9,14-15H,3,10-13H2,1-2H3,(H,22,24). The maximum atomic E-state index is 12.3.